The molecule has 2 aromatic rings. The van der Waals surface area contributed by atoms with E-state index in [1.165, 1.54) is 15.5 Å². The molecule has 0 N–H and O–H groups in total. The summed E-state index contributed by atoms with van der Waals surface area (Å²) in [6.07, 6.45) is 0. The third-order valence-electron chi connectivity index (χ3n) is 3.95. The van der Waals surface area contributed by atoms with Crippen molar-refractivity contribution in [2.24, 2.45) is 0 Å². The summed E-state index contributed by atoms with van der Waals surface area (Å²) in [6.45, 7) is 5.48. The number of rotatable bonds is 2. The summed E-state index contributed by atoms with van der Waals surface area (Å²) in [5.74, 6) is 0. The second-order valence-electron chi connectivity index (χ2n) is 5.13. The van der Waals surface area contributed by atoms with Gasteiger partial charge in [0.1, 0.15) is 0 Å². The van der Waals surface area contributed by atoms with E-state index in [1.807, 2.05) is 0 Å². The molecule has 20 heavy (non-hydrogen) atoms. The van der Waals surface area contributed by atoms with E-state index < -0.39 is 0 Å². The van der Waals surface area contributed by atoms with Crippen molar-refractivity contribution in [3.63, 3.8) is 0 Å². The van der Waals surface area contributed by atoms with Gasteiger partial charge in [0.2, 0.25) is 0 Å². The summed E-state index contributed by atoms with van der Waals surface area (Å²) in [5, 5.41) is 0. The van der Waals surface area contributed by atoms with E-state index in [4.69, 9.17) is 0 Å². The van der Waals surface area contributed by atoms with E-state index >= 15 is 0 Å². The Balaban J connectivity index is 1.99. The summed E-state index contributed by atoms with van der Waals surface area (Å²) < 4.78 is 1.27. The first-order valence-electron chi connectivity index (χ1n) is 6.88. The predicted molar refractivity (Wildman–Crippen MR) is 86.1 cm³/mol. The Morgan fingerprint density at radius 3 is 1.40 bits per heavy atom. The molecule has 0 saturated carbocycles. The van der Waals surface area contributed by atoms with E-state index in [-0.39, 0.29) is 0 Å². The van der Waals surface area contributed by atoms with Crippen LogP contribution in [0.25, 0.3) is 0 Å². The van der Waals surface area contributed by atoms with Gasteiger partial charge in [0, 0.05) is 0 Å². The molecular formula is C15H16B2N2Pt. The molecule has 1 saturated heterocycles. The molecule has 2 aromatic carbocycles. The molecule has 0 aliphatic carbocycles. The van der Waals surface area contributed by atoms with Crippen molar-refractivity contribution < 1.29 is 19.4 Å². The molecular weight excluding hydrogens is 425 g/mol. The predicted octanol–water partition coefficient (Wildman–Crippen LogP) is 2.97. The number of benzene rings is 2. The summed E-state index contributed by atoms with van der Waals surface area (Å²) in [4.78, 5) is 4.83. The van der Waals surface area contributed by atoms with Gasteiger partial charge in [0.15, 0.2) is 0 Å². The van der Waals surface area contributed by atoms with Gasteiger partial charge in [0.25, 0.3) is 0 Å². The first kappa shape index (κ1) is 13.7. The van der Waals surface area contributed by atoms with Crippen LogP contribution < -0.4 is 9.62 Å². The van der Waals surface area contributed by atoms with Crippen LogP contribution in [0.2, 0.25) is 13.6 Å². The molecule has 0 unspecified atom stereocenters. The maximum atomic E-state index is 2.44. The van der Waals surface area contributed by atoms with Crippen LogP contribution in [0.5, 0.6) is 0 Å². The third-order valence-corrected chi connectivity index (χ3v) is 5.04. The van der Waals surface area contributed by atoms with E-state index in [0.29, 0.717) is 13.5 Å². The van der Waals surface area contributed by atoms with Gasteiger partial charge in [0.05, 0.1) is 0 Å². The Labute approximate surface area is 132 Å². The van der Waals surface area contributed by atoms with Crippen LogP contribution in [0.15, 0.2) is 60.7 Å². The third kappa shape index (κ3) is 2.27. The van der Waals surface area contributed by atoms with Gasteiger partial charge in [-0.1, -0.05) is 0 Å². The van der Waals surface area contributed by atoms with Crippen molar-refractivity contribution in [3.8, 4) is 0 Å². The minimum absolute atomic E-state index is 0.449. The summed E-state index contributed by atoms with van der Waals surface area (Å²) in [7, 11) is 0. The average molecular weight is 441 g/mol. The normalized spacial score (nSPS) is 15.3. The molecule has 5 heteroatoms. The maximum absolute atomic E-state index is 2.44. The SMILES string of the molecule is CB1B(C)N(c2ccccc2)[C](=[Pt])N1c1ccccc1. The monoisotopic (exact) mass is 441 g/mol. The number of nitrogens with zero attached hydrogens (tertiary/aromatic N) is 2. The topological polar surface area (TPSA) is 6.48 Å². The van der Waals surface area contributed by atoms with Crippen molar-refractivity contribution >= 4 is 29.0 Å². The second-order valence-corrected chi connectivity index (χ2v) is 6.15. The minimum atomic E-state index is 0.449. The van der Waals surface area contributed by atoms with Crippen LogP contribution in [-0.2, 0) is 19.4 Å². The van der Waals surface area contributed by atoms with E-state index in [1.54, 1.807) is 0 Å². The summed E-state index contributed by atoms with van der Waals surface area (Å²) >= 11 is 2.44. The van der Waals surface area contributed by atoms with Gasteiger partial charge in [-0.2, -0.15) is 0 Å². The number of anilines is 2. The first-order chi connectivity index (χ1) is 9.70. The van der Waals surface area contributed by atoms with Gasteiger partial charge in [-0.05, 0) is 0 Å². The molecule has 1 heterocycles. The Morgan fingerprint density at radius 1 is 0.700 bits per heavy atom. The Bertz CT molecular complexity index is 552. The van der Waals surface area contributed by atoms with Gasteiger partial charge in [-0.25, -0.2) is 0 Å². The van der Waals surface area contributed by atoms with E-state index in [0.717, 1.165) is 0 Å². The van der Waals surface area contributed by atoms with Crippen molar-refractivity contribution in [1.29, 1.82) is 0 Å². The molecule has 0 radical (unpaired) electrons. The van der Waals surface area contributed by atoms with Gasteiger partial charge in [-0.3, -0.25) is 0 Å². The fourth-order valence-electron chi connectivity index (χ4n) is 2.70. The summed E-state index contributed by atoms with van der Waals surface area (Å²) in [5.41, 5.74) is 2.52. The van der Waals surface area contributed by atoms with Crippen LogP contribution in [-0.4, -0.2) is 17.6 Å². The molecule has 2 nitrogen and oxygen atoms in total. The molecule has 0 aromatic heterocycles. The zero-order valence-corrected chi connectivity index (χ0v) is 13.9. The van der Waals surface area contributed by atoms with Crippen molar-refractivity contribution in [2.45, 2.75) is 13.6 Å². The molecule has 0 amide bonds. The number of para-hydroxylation sites is 2. The van der Waals surface area contributed by atoms with Gasteiger partial charge >= 0.3 is 132 Å². The van der Waals surface area contributed by atoms with Crippen molar-refractivity contribution in [1.82, 2.24) is 0 Å². The standard InChI is InChI=1S/C15H16B2N2.Pt/c1-16-17(2)19(15-11-7-4-8-12-15)13-18(16)14-9-5-3-6-10-14;/h3-12H,1-2H3;. The number of hydrogen-bond donors (Lipinski definition) is 0. The zero-order valence-electron chi connectivity index (χ0n) is 11.6. The van der Waals surface area contributed by atoms with Crippen molar-refractivity contribution in [2.75, 3.05) is 9.62 Å². The van der Waals surface area contributed by atoms with E-state index in [9.17, 15) is 0 Å². The van der Waals surface area contributed by atoms with Gasteiger partial charge in [-0.15, -0.1) is 0 Å². The summed E-state index contributed by atoms with van der Waals surface area (Å²) in [6, 6.07) is 21.2. The fraction of sp³-hybridized carbons (Fsp3) is 0.133. The molecule has 0 bridgehead atoms. The Hall–Kier alpha value is -1.27. The quantitative estimate of drug-likeness (QED) is 0.662. The Kier molecular flexibility index (Phi) is 3.85. The molecule has 1 aliphatic heterocycles. The average Bonchev–Trinajstić information content (AvgIpc) is 2.71. The van der Waals surface area contributed by atoms with Crippen LogP contribution in [0, 0.1) is 0 Å². The van der Waals surface area contributed by atoms with Crippen LogP contribution in [0.1, 0.15) is 0 Å². The van der Waals surface area contributed by atoms with Gasteiger partial charge < -0.3 is 0 Å². The molecule has 1 fully saturated rings. The Morgan fingerprint density at radius 2 is 1.05 bits per heavy atom. The zero-order chi connectivity index (χ0) is 14.1. The van der Waals surface area contributed by atoms with Crippen LogP contribution in [0.4, 0.5) is 11.4 Å². The van der Waals surface area contributed by atoms with Crippen LogP contribution >= 0.6 is 0 Å². The molecule has 3 rings (SSSR count). The number of hydrogen-bond acceptors (Lipinski definition) is 2. The molecule has 0 spiro atoms. The van der Waals surface area contributed by atoms with Crippen LogP contribution in [0.3, 0.4) is 0 Å². The molecule has 102 valence electrons. The first-order valence-corrected chi connectivity index (χ1v) is 8.01. The van der Waals surface area contributed by atoms with E-state index in [2.05, 4.69) is 103 Å². The molecule has 0 atom stereocenters. The fourth-order valence-corrected chi connectivity index (χ4v) is 4.22. The second kappa shape index (κ2) is 5.61. The molecule has 1 aliphatic rings. The van der Waals surface area contributed by atoms with Crippen molar-refractivity contribution in [3.05, 3.63) is 60.7 Å².